The first kappa shape index (κ1) is 19.0. The fraction of sp³-hybridized carbons (Fsp3) is 0.714. The molecule has 1 saturated heterocycles. The van der Waals surface area contributed by atoms with Crippen LogP contribution in [-0.2, 0) is 6.54 Å². The lowest BCUT2D eigenvalue weighted by Gasteiger charge is -2.24. The van der Waals surface area contributed by atoms with Crippen LogP contribution >= 0.6 is 47.1 Å². The zero-order chi connectivity index (χ0) is 14.4. The highest BCUT2D eigenvalue weighted by molar-refractivity contribution is 14.0. The van der Waals surface area contributed by atoms with E-state index in [0.29, 0.717) is 12.6 Å². The summed E-state index contributed by atoms with van der Waals surface area (Å²) in [5.41, 5.74) is 1.13. The average molecular weight is 440 g/mol. The van der Waals surface area contributed by atoms with Gasteiger partial charge >= 0.3 is 0 Å². The van der Waals surface area contributed by atoms with E-state index in [-0.39, 0.29) is 24.0 Å². The quantitative estimate of drug-likeness (QED) is 0.429. The summed E-state index contributed by atoms with van der Waals surface area (Å²) in [7, 11) is 0. The second kappa shape index (κ2) is 9.89. The van der Waals surface area contributed by atoms with Crippen LogP contribution in [0.15, 0.2) is 4.99 Å². The van der Waals surface area contributed by atoms with E-state index in [1.807, 2.05) is 11.8 Å². The number of rotatable bonds is 4. The number of halogens is 1. The Morgan fingerprint density at radius 2 is 2.24 bits per heavy atom. The van der Waals surface area contributed by atoms with Gasteiger partial charge in [0.15, 0.2) is 5.96 Å². The summed E-state index contributed by atoms with van der Waals surface area (Å²) in [6.07, 6.45) is 2.54. The van der Waals surface area contributed by atoms with Crippen LogP contribution in [-0.4, -0.2) is 35.0 Å². The van der Waals surface area contributed by atoms with Crippen molar-refractivity contribution in [3.8, 4) is 0 Å². The molecule has 0 saturated carbocycles. The van der Waals surface area contributed by atoms with Crippen LogP contribution in [0.2, 0.25) is 0 Å². The number of nitrogens with zero attached hydrogens (tertiary/aromatic N) is 2. The third kappa shape index (κ3) is 6.32. The first-order chi connectivity index (χ1) is 9.69. The minimum Gasteiger partial charge on any atom is -0.357 e. The molecule has 1 unspecified atom stereocenters. The molecule has 7 heteroatoms. The Kier molecular flexibility index (Phi) is 8.96. The molecule has 0 amide bonds. The van der Waals surface area contributed by atoms with E-state index >= 15 is 0 Å². The van der Waals surface area contributed by atoms with Gasteiger partial charge in [0.2, 0.25) is 0 Å². The molecule has 1 aromatic rings. The van der Waals surface area contributed by atoms with E-state index in [4.69, 9.17) is 0 Å². The highest BCUT2D eigenvalue weighted by Gasteiger charge is 2.14. The predicted molar refractivity (Wildman–Crippen MR) is 105 cm³/mol. The Hall–Kier alpha value is -0.0200. The van der Waals surface area contributed by atoms with Crippen molar-refractivity contribution < 1.29 is 0 Å². The second-order valence-corrected chi connectivity index (χ2v) is 7.44. The molecule has 0 radical (unpaired) electrons. The maximum Gasteiger partial charge on any atom is 0.191 e. The third-order valence-electron chi connectivity index (χ3n) is 3.29. The van der Waals surface area contributed by atoms with Gasteiger partial charge in [-0.3, -0.25) is 0 Å². The van der Waals surface area contributed by atoms with Gasteiger partial charge in [-0.15, -0.1) is 35.3 Å². The molecule has 0 bridgehead atoms. The molecule has 1 fully saturated rings. The van der Waals surface area contributed by atoms with Gasteiger partial charge in [-0.05, 0) is 39.4 Å². The summed E-state index contributed by atoms with van der Waals surface area (Å²) in [4.78, 5) is 10.5. The van der Waals surface area contributed by atoms with Crippen LogP contribution < -0.4 is 10.6 Å². The van der Waals surface area contributed by atoms with Gasteiger partial charge < -0.3 is 10.6 Å². The Labute approximate surface area is 153 Å². The Balaban J connectivity index is 0.00000220. The van der Waals surface area contributed by atoms with Crippen LogP contribution in [0, 0.1) is 13.8 Å². The SMILES string of the molecule is CCNC(=NCc1nc(C)c(C)s1)NC1CCCSC1.I. The number of thioether (sulfide) groups is 1. The molecule has 4 nitrogen and oxygen atoms in total. The van der Waals surface area contributed by atoms with Crippen molar-refractivity contribution in [3.05, 3.63) is 15.6 Å². The van der Waals surface area contributed by atoms with E-state index in [0.717, 1.165) is 23.2 Å². The lowest BCUT2D eigenvalue weighted by Crippen LogP contribution is -2.45. The summed E-state index contributed by atoms with van der Waals surface area (Å²) in [6, 6.07) is 0.548. The van der Waals surface area contributed by atoms with Gasteiger partial charge in [0.25, 0.3) is 0 Å². The molecular formula is C14H25IN4S2. The molecule has 2 rings (SSSR count). The number of hydrogen-bond acceptors (Lipinski definition) is 4. The monoisotopic (exact) mass is 440 g/mol. The van der Waals surface area contributed by atoms with Gasteiger partial charge in [-0.2, -0.15) is 11.8 Å². The number of thiazole rings is 1. The van der Waals surface area contributed by atoms with Crippen molar-refractivity contribution >= 4 is 53.0 Å². The molecule has 1 atom stereocenters. The largest absolute Gasteiger partial charge is 0.357 e. The molecule has 2 heterocycles. The summed E-state index contributed by atoms with van der Waals surface area (Å²) in [6.45, 7) is 7.82. The number of hydrogen-bond donors (Lipinski definition) is 2. The van der Waals surface area contributed by atoms with E-state index in [9.17, 15) is 0 Å². The van der Waals surface area contributed by atoms with E-state index < -0.39 is 0 Å². The molecule has 0 aromatic carbocycles. The Bertz CT molecular complexity index is 436. The normalized spacial score (nSPS) is 19.0. The first-order valence-corrected chi connectivity index (χ1v) is 9.21. The van der Waals surface area contributed by atoms with Crippen LogP contribution in [0.25, 0.3) is 0 Å². The van der Waals surface area contributed by atoms with Gasteiger partial charge in [0.05, 0.1) is 12.2 Å². The second-order valence-electron chi connectivity index (χ2n) is 5.00. The van der Waals surface area contributed by atoms with Gasteiger partial charge in [-0.25, -0.2) is 9.98 Å². The minimum atomic E-state index is 0. The van der Waals surface area contributed by atoms with Crippen LogP contribution in [0.1, 0.15) is 35.3 Å². The maximum atomic E-state index is 4.67. The number of nitrogens with one attached hydrogen (secondary N) is 2. The lowest BCUT2D eigenvalue weighted by atomic mass is 10.2. The number of aliphatic imine (C=N–C) groups is 1. The minimum absolute atomic E-state index is 0. The molecule has 21 heavy (non-hydrogen) atoms. The highest BCUT2D eigenvalue weighted by atomic mass is 127. The smallest absolute Gasteiger partial charge is 0.191 e. The number of aromatic nitrogens is 1. The third-order valence-corrected chi connectivity index (χ3v) is 5.56. The molecule has 1 aliphatic heterocycles. The van der Waals surface area contributed by atoms with Crippen molar-refractivity contribution in [2.24, 2.45) is 4.99 Å². The fourth-order valence-corrected chi connectivity index (χ4v) is 4.05. The highest BCUT2D eigenvalue weighted by Crippen LogP contribution is 2.18. The molecule has 0 aliphatic carbocycles. The Morgan fingerprint density at radius 1 is 1.43 bits per heavy atom. The van der Waals surface area contributed by atoms with Crippen LogP contribution in [0.4, 0.5) is 0 Å². The zero-order valence-corrected chi connectivity index (χ0v) is 16.9. The summed E-state index contributed by atoms with van der Waals surface area (Å²) in [5, 5.41) is 7.96. The topological polar surface area (TPSA) is 49.3 Å². The van der Waals surface area contributed by atoms with Gasteiger partial charge in [0.1, 0.15) is 5.01 Å². The number of guanidine groups is 1. The Morgan fingerprint density at radius 3 is 2.81 bits per heavy atom. The maximum absolute atomic E-state index is 4.67. The van der Waals surface area contributed by atoms with Crippen molar-refractivity contribution in [2.75, 3.05) is 18.1 Å². The molecule has 1 aliphatic rings. The lowest BCUT2D eigenvalue weighted by molar-refractivity contribution is 0.582. The average Bonchev–Trinajstić information content (AvgIpc) is 2.77. The first-order valence-electron chi connectivity index (χ1n) is 7.24. The van der Waals surface area contributed by atoms with Crippen LogP contribution in [0.5, 0.6) is 0 Å². The zero-order valence-electron chi connectivity index (χ0n) is 12.9. The molecule has 0 spiro atoms. The van der Waals surface area contributed by atoms with E-state index in [1.54, 1.807) is 11.3 Å². The summed E-state index contributed by atoms with van der Waals surface area (Å²) >= 11 is 3.77. The predicted octanol–water partition coefficient (Wildman–Crippen LogP) is 3.33. The standard InChI is InChI=1S/C14H24N4S2.HI/c1-4-15-14(18-12-6-5-7-19-9-12)16-8-13-17-10(2)11(3)20-13;/h12H,4-9H2,1-3H3,(H2,15,16,18);1H. The van der Waals surface area contributed by atoms with Crippen molar-refractivity contribution in [2.45, 2.75) is 46.2 Å². The fourth-order valence-electron chi connectivity index (χ4n) is 2.12. The van der Waals surface area contributed by atoms with Gasteiger partial charge in [0, 0.05) is 23.2 Å². The molecular weight excluding hydrogens is 415 g/mol. The van der Waals surface area contributed by atoms with Crippen molar-refractivity contribution in [1.29, 1.82) is 0 Å². The van der Waals surface area contributed by atoms with E-state index in [1.165, 1.54) is 29.2 Å². The van der Waals surface area contributed by atoms with E-state index in [2.05, 4.69) is 41.4 Å². The molecule has 1 aromatic heterocycles. The molecule has 120 valence electrons. The van der Waals surface area contributed by atoms with Crippen molar-refractivity contribution in [1.82, 2.24) is 15.6 Å². The summed E-state index contributed by atoms with van der Waals surface area (Å²) < 4.78 is 0. The molecule has 2 N–H and O–H groups in total. The number of aryl methyl sites for hydroxylation is 2. The van der Waals surface area contributed by atoms with Crippen molar-refractivity contribution in [3.63, 3.8) is 0 Å². The van der Waals surface area contributed by atoms with Crippen LogP contribution in [0.3, 0.4) is 0 Å². The summed E-state index contributed by atoms with van der Waals surface area (Å²) in [5.74, 6) is 3.40. The van der Waals surface area contributed by atoms with Gasteiger partial charge in [-0.1, -0.05) is 0 Å².